The van der Waals surface area contributed by atoms with Gasteiger partial charge in [-0.1, -0.05) is 48.9 Å². The molecule has 1 fully saturated rings. The number of pyridine rings is 1. The lowest BCUT2D eigenvalue weighted by Gasteiger charge is -2.36. The molecule has 0 bridgehead atoms. The second-order valence-electron chi connectivity index (χ2n) is 8.97. The lowest BCUT2D eigenvalue weighted by molar-refractivity contribution is 0.141. The molecule has 2 aromatic heterocycles. The fourth-order valence-electron chi connectivity index (χ4n) is 4.78. The SMILES string of the molecule is Cc1ccc2[nH]c(=O)c([C@@H](c3nnnn3Cc3ccccc3)N3CCC[C@H](C)C3)cc2c1. The van der Waals surface area contributed by atoms with E-state index in [1.54, 1.807) is 0 Å². The average Bonchev–Trinajstić information content (AvgIpc) is 3.23. The number of H-pyrrole nitrogens is 1. The first-order valence-corrected chi connectivity index (χ1v) is 11.3. The van der Waals surface area contributed by atoms with Gasteiger partial charge >= 0.3 is 0 Å². The van der Waals surface area contributed by atoms with Crippen LogP contribution in [-0.4, -0.2) is 43.2 Å². The Balaban J connectivity index is 1.63. The number of fused-ring (bicyclic) bond motifs is 1. The summed E-state index contributed by atoms with van der Waals surface area (Å²) < 4.78 is 1.83. The first-order valence-electron chi connectivity index (χ1n) is 11.3. The van der Waals surface area contributed by atoms with Crippen LogP contribution in [0.4, 0.5) is 0 Å². The van der Waals surface area contributed by atoms with Gasteiger partial charge in [0.05, 0.1) is 6.54 Å². The van der Waals surface area contributed by atoms with Gasteiger partial charge in [-0.3, -0.25) is 9.69 Å². The van der Waals surface area contributed by atoms with E-state index in [1.807, 2.05) is 41.1 Å². The number of piperidine rings is 1. The van der Waals surface area contributed by atoms with Crippen molar-refractivity contribution >= 4 is 10.9 Å². The summed E-state index contributed by atoms with van der Waals surface area (Å²) in [4.78, 5) is 18.7. The minimum Gasteiger partial charge on any atom is -0.322 e. The van der Waals surface area contributed by atoms with Gasteiger partial charge in [0, 0.05) is 17.6 Å². The highest BCUT2D eigenvalue weighted by molar-refractivity contribution is 5.79. The molecule has 3 heterocycles. The molecule has 0 saturated carbocycles. The maximum absolute atomic E-state index is 13.3. The Morgan fingerprint density at radius 2 is 2.00 bits per heavy atom. The highest BCUT2D eigenvalue weighted by Crippen LogP contribution is 2.31. The molecule has 32 heavy (non-hydrogen) atoms. The van der Waals surface area contributed by atoms with E-state index in [1.165, 1.54) is 6.42 Å². The Bertz CT molecular complexity index is 1280. The van der Waals surface area contributed by atoms with Gasteiger partial charge in [0.2, 0.25) is 0 Å². The van der Waals surface area contributed by atoms with Crippen LogP contribution in [0.3, 0.4) is 0 Å². The molecule has 2 atom stereocenters. The first-order chi connectivity index (χ1) is 15.6. The molecule has 1 aliphatic rings. The Morgan fingerprint density at radius 1 is 1.16 bits per heavy atom. The molecule has 2 aromatic carbocycles. The van der Waals surface area contributed by atoms with E-state index < -0.39 is 0 Å². The van der Waals surface area contributed by atoms with Crippen molar-refractivity contribution in [3.63, 3.8) is 0 Å². The third-order valence-electron chi connectivity index (χ3n) is 6.36. The standard InChI is InChI=1S/C25H28N6O/c1-17-10-11-22-20(13-17)14-21(25(32)26-22)23(30-12-6-7-18(2)15-30)24-27-28-29-31(24)16-19-8-4-3-5-9-19/h3-5,8-11,13-14,18,23H,6-7,12,15-16H2,1-2H3,(H,26,32)/t18-,23-/m0/s1. The summed E-state index contributed by atoms with van der Waals surface area (Å²) in [6, 6.07) is 18.0. The Hall–Kier alpha value is -3.32. The van der Waals surface area contributed by atoms with Crippen LogP contribution >= 0.6 is 0 Å². The number of hydrogen-bond acceptors (Lipinski definition) is 5. The van der Waals surface area contributed by atoms with Gasteiger partial charge in [-0.15, -0.1) is 5.10 Å². The molecule has 1 saturated heterocycles. The number of rotatable bonds is 5. The topological polar surface area (TPSA) is 79.7 Å². The van der Waals surface area contributed by atoms with Crippen molar-refractivity contribution in [1.29, 1.82) is 0 Å². The van der Waals surface area contributed by atoms with Crippen molar-refractivity contribution in [2.45, 2.75) is 39.3 Å². The minimum atomic E-state index is -0.301. The van der Waals surface area contributed by atoms with E-state index in [4.69, 9.17) is 0 Å². The summed E-state index contributed by atoms with van der Waals surface area (Å²) in [6.07, 6.45) is 2.30. The zero-order valence-electron chi connectivity index (χ0n) is 18.5. The molecule has 0 amide bonds. The van der Waals surface area contributed by atoms with E-state index in [0.29, 0.717) is 23.9 Å². The van der Waals surface area contributed by atoms with Gasteiger partial charge in [0.1, 0.15) is 6.04 Å². The van der Waals surface area contributed by atoms with Crippen LogP contribution in [0.2, 0.25) is 0 Å². The third-order valence-corrected chi connectivity index (χ3v) is 6.36. The fraction of sp³-hybridized carbons (Fsp3) is 0.360. The fourth-order valence-corrected chi connectivity index (χ4v) is 4.78. The largest absolute Gasteiger partial charge is 0.322 e. The van der Waals surface area contributed by atoms with Gasteiger partial charge in [-0.25, -0.2) is 4.68 Å². The van der Waals surface area contributed by atoms with Crippen molar-refractivity contribution < 1.29 is 0 Å². The molecule has 7 nitrogen and oxygen atoms in total. The summed E-state index contributed by atoms with van der Waals surface area (Å²) in [5.74, 6) is 1.27. The second-order valence-corrected chi connectivity index (χ2v) is 8.97. The molecule has 5 rings (SSSR count). The van der Waals surface area contributed by atoms with Crippen molar-refractivity contribution in [2.75, 3.05) is 13.1 Å². The second kappa shape index (κ2) is 8.67. The van der Waals surface area contributed by atoms with Crippen LogP contribution in [0.25, 0.3) is 10.9 Å². The normalized spacial score (nSPS) is 18.1. The van der Waals surface area contributed by atoms with Gasteiger partial charge in [0.25, 0.3) is 5.56 Å². The highest BCUT2D eigenvalue weighted by atomic mass is 16.1. The van der Waals surface area contributed by atoms with E-state index >= 15 is 0 Å². The molecule has 0 spiro atoms. The molecule has 1 aliphatic heterocycles. The van der Waals surface area contributed by atoms with Crippen molar-refractivity contribution in [1.82, 2.24) is 30.1 Å². The summed E-state index contributed by atoms with van der Waals surface area (Å²) in [6.45, 7) is 6.72. The van der Waals surface area contributed by atoms with E-state index in [9.17, 15) is 4.79 Å². The number of hydrogen-bond donors (Lipinski definition) is 1. The molecule has 4 aromatic rings. The van der Waals surface area contributed by atoms with Gasteiger partial charge in [-0.05, 0) is 71.8 Å². The number of nitrogens with one attached hydrogen (secondary N) is 1. The van der Waals surface area contributed by atoms with Crippen LogP contribution in [0.5, 0.6) is 0 Å². The summed E-state index contributed by atoms with van der Waals surface area (Å²) in [7, 11) is 0. The molecule has 1 N–H and O–H groups in total. The van der Waals surface area contributed by atoms with Gasteiger partial charge in [-0.2, -0.15) is 0 Å². The van der Waals surface area contributed by atoms with Crippen LogP contribution in [0.1, 0.15) is 48.3 Å². The summed E-state index contributed by atoms with van der Waals surface area (Å²) >= 11 is 0. The molecule has 0 aliphatic carbocycles. The van der Waals surface area contributed by atoms with Crippen molar-refractivity contribution in [2.24, 2.45) is 5.92 Å². The lowest BCUT2D eigenvalue weighted by atomic mass is 9.95. The zero-order valence-corrected chi connectivity index (χ0v) is 18.5. The van der Waals surface area contributed by atoms with Crippen molar-refractivity contribution in [3.05, 3.63) is 87.5 Å². The monoisotopic (exact) mass is 428 g/mol. The quantitative estimate of drug-likeness (QED) is 0.524. The number of likely N-dealkylation sites (tertiary alicyclic amines) is 1. The van der Waals surface area contributed by atoms with E-state index in [2.05, 4.69) is 57.5 Å². The first kappa shape index (κ1) is 20.6. The average molecular weight is 429 g/mol. The molecule has 0 radical (unpaired) electrons. The lowest BCUT2D eigenvalue weighted by Crippen LogP contribution is -2.41. The Kier molecular flexibility index (Phi) is 5.57. The molecular formula is C25H28N6O. The zero-order chi connectivity index (χ0) is 22.1. The highest BCUT2D eigenvalue weighted by Gasteiger charge is 2.32. The predicted molar refractivity (Wildman–Crippen MR) is 124 cm³/mol. The predicted octanol–water partition coefficient (Wildman–Crippen LogP) is 3.69. The van der Waals surface area contributed by atoms with Crippen LogP contribution in [-0.2, 0) is 6.54 Å². The maximum Gasteiger partial charge on any atom is 0.253 e. The van der Waals surface area contributed by atoms with Crippen LogP contribution < -0.4 is 5.56 Å². The Morgan fingerprint density at radius 3 is 2.81 bits per heavy atom. The molecular weight excluding hydrogens is 400 g/mol. The van der Waals surface area contributed by atoms with E-state index in [-0.39, 0.29) is 11.6 Å². The number of aromatic amines is 1. The van der Waals surface area contributed by atoms with Crippen molar-refractivity contribution in [3.8, 4) is 0 Å². The van der Waals surface area contributed by atoms with Gasteiger partial charge in [0.15, 0.2) is 5.82 Å². The summed E-state index contributed by atoms with van der Waals surface area (Å²) in [5.41, 5.74) is 3.74. The van der Waals surface area contributed by atoms with Crippen LogP contribution in [0.15, 0.2) is 59.4 Å². The van der Waals surface area contributed by atoms with E-state index in [0.717, 1.165) is 41.5 Å². The number of aryl methyl sites for hydroxylation is 1. The molecule has 164 valence electrons. The summed E-state index contributed by atoms with van der Waals surface area (Å²) in [5, 5.41) is 13.8. The number of benzene rings is 2. The molecule has 0 unspecified atom stereocenters. The minimum absolute atomic E-state index is 0.0844. The number of tetrazole rings is 1. The Labute approximate surface area is 187 Å². The number of aromatic nitrogens is 5. The van der Waals surface area contributed by atoms with Crippen LogP contribution in [0, 0.1) is 12.8 Å². The van der Waals surface area contributed by atoms with Gasteiger partial charge < -0.3 is 4.98 Å². The number of nitrogens with zero attached hydrogens (tertiary/aromatic N) is 5. The third kappa shape index (κ3) is 4.08. The maximum atomic E-state index is 13.3. The molecule has 7 heteroatoms. The smallest absolute Gasteiger partial charge is 0.253 e.